The molecule has 8 rings (SSSR count). The molecule has 5 aromatic rings. The number of carbonyl (C=O) groups is 15. The number of rotatable bonds is 24. The number of amides is 15. The van der Waals surface area contributed by atoms with Gasteiger partial charge in [-0.2, -0.15) is 11.8 Å². The van der Waals surface area contributed by atoms with E-state index in [-0.39, 0.29) is 145 Å². The number of aromatic amines is 2. The number of aliphatic hydroxyl groups excluding tert-OH is 1. The Labute approximate surface area is 731 Å². The molecule has 39 heteroatoms. The third-order valence-corrected chi connectivity index (χ3v) is 23.7. The molecule has 21 N–H and O–H groups in total. The molecule has 2 aromatic heterocycles. The van der Waals surface area contributed by atoms with Gasteiger partial charge >= 0.3 is 0 Å². The zero-order chi connectivity index (χ0) is 91.1. The number of aromatic hydroxyl groups is 1. The molecule has 0 bridgehead atoms. The minimum absolute atomic E-state index is 0.0104. The van der Waals surface area contributed by atoms with Crippen LogP contribution in [0.4, 0.5) is 0 Å². The van der Waals surface area contributed by atoms with Gasteiger partial charge in [0.1, 0.15) is 78.3 Å². The van der Waals surface area contributed by atoms with Crippen LogP contribution in [0.1, 0.15) is 147 Å². The van der Waals surface area contributed by atoms with Crippen LogP contribution < -0.4 is 70.4 Å². The first kappa shape index (κ1) is 98.6. The van der Waals surface area contributed by atoms with Crippen LogP contribution >= 0.6 is 11.8 Å². The van der Waals surface area contributed by atoms with E-state index in [1.807, 2.05) is 26.0 Å². The van der Waals surface area contributed by atoms with Gasteiger partial charge in [-0.1, -0.05) is 102 Å². The van der Waals surface area contributed by atoms with Gasteiger partial charge in [-0.15, -0.1) is 0 Å². The standard InChI is InChI=1S/C86H125N21O17S/c1-8-10-24-67-78(117)97-59(23-16-36-92-86(89)90)74(113)91-37-40-125-49-73(112)95-61(33-30-51-28-31-54(109)32-29-51)81(120)103(5)47-72(111)96-65(44-71(88)110)84(123)107-39-17-26-68(107)79(118)98-60(34-35-87)75(114)100-63(41-50(3)4)83(122)106-38-18-27-69(106)80(119)99-62(42-52-45-93-57-21-14-12-19-55(52)57)76(115)102-66(48-108)77(116)101-64(43-53-46-94-58-22-15-13-20-56(53)58)82(121)105(7)70(25-11-9-2)85(124)104(67)6/h12-15,19-22,28-29,31-32,45-46,50,59-70,93-94,108-109H,8-11,16-18,23-27,30,33-44,47-49,87H2,1-7H3,(H2,88,110)(H,91,113)(H,95,112)(H,96,111)(H,97,117)(H,98,118)(H,99,119)(H,100,114)(H,101,116)(H,102,115)(H4,89,90,92)/t59-,60-,61-,62-,63-,64-,65-,66-,67-,68?,69-,70-/m0/s1. The number of carbonyl (C=O) groups excluding carboxylic acids is 15. The Morgan fingerprint density at radius 3 is 1.63 bits per heavy atom. The molecule has 5 heterocycles. The summed E-state index contributed by atoms with van der Waals surface area (Å²) in [5, 5.41) is 57.7. The summed E-state index contributed by atoms with van der Waals surface area (Å²) >= 11 is 1.09. The summed E-state index contributed by atoms with van der Waals surface area (Å²) in [6, 6.07) is 3.77. The molecule has 1 unspecified atom stereocenters. The van der Waals surface area contributed by atoms with Gasteiger partial charge in [0.15, 0.2) is 5.96 Å². The van der Waals surface area contributed by atoms with Crippen LogP contribution in [-0.2, 0) is 91.2 Å². The molecule has 125 heavy (non-hydrogen) atoms. The van der Waals surface area contributed by atoms with E-state index in [0.717, 1.165) is 21.6 Å². The molecule has 3 aliphatic rings. The van der Waals surface area contributed by atoms with Gasteiger partial charge in [0.2, 0.25) is 88.6 Å². The number of aryl methyl sites for hydroxylation is 1. The first-order valence-corrected chi connectivity index (χ1v) is 44.1. The van der Waals surface area contributed by atoms with Crippen LogP contribution in [0, 0.1) is 11.3 Å². The van der Waals surface area contributed by atoms with E-state index in [1.54, 1.807) is 74.8 Å². The molecule has 15 amide bonds. The number of nitrogens with one attached hydrogen (secondary N) is 13. The van der Waals surface area contributed by atoms with Gasteiger partial charge in [0.05, 0.1) is 25.3 Å². The number of para-hydroxylation sites is 2. The Kier molecular flexibility index (Phi) is 38.2. The Bertz CT molecular complexity index is 4600. The van der Waals surface area contributed by atoms with E-state index >= 15 is 28.8 Å². The van der Waals surface area contributed by atoms with Crippen LogP contribution in [0.25, 0.3) is 21.8 Å². The summed E-state index contributed by atoms with van der Waals surface area (Å²) in [6.45, 7) is 5.54. The van der Waals surface area contributed by atoms with E-state index < -0.39 is 181 Å². The Balaban J connectivity index is 1.14. The summed E-state index contributed by atoms with van der Waals surface area (Å²) in [5.41, 5.74) is 20.5. The molecule has 12 atom stereocenters. The molecule has 3 aromatic carbocycles. The number of aliphatic hydroxyl groups is 1. The summed E-state index contributed by atoms with van der Waals surface area (Å²) in [5.74, 6) is -12.8. The summed E-state index contributed by atoms with van der Waals surface area (Å²) < 4.78 is 0. The van der Waals surface area contributed by atoms with Crippen molar-refractivity contribution in [3.8, 4) is 5.75 Å². The smallest absolute Gasteiger partial charge is 0.246 e. The number of H-pyrrole nitrogens is 2. The van der Waals surface area contributed by atoms with Crippen molar-refractivity contribution in [2.75, 3.05) is 78.5 Å². The second kappa shape index (κ2) is 48.4. The lowest BCUT2D eigenvalue weighted by Gasteiger charge is -2.36. The largest absolute Gasteiger partial charge is 0.508 e. The van der Waals surface area contributed by atoms with Gasteiger partial charge in [0.25, 0.3) is 0 Å². The maximum atomic E-state index is 15.6. The Morgan fingerprint density at radius 2 is 1.06 bits per heavy atom. The van der Waals surface area contributed by atoms with Gasteiger partial charge in [-0.05, 0) is 130 Å². The second-order valence-electron chi connectivity index (χ2n) is 32.6. The summed E-state index contributed by atoms with van der Waals surface area (Å²) in [4.78, 5) is 232. The predicted molar refractivity (Wildman–Crippen MR) is 469 cm³/mol. The quantitative estimate of drug-likeness (QED) is 0.0211. The molecular formula is C86H125N21O17S. The van der Waals surface area contributed by atoms with Crippen molar-refractivity contribution in [2.45, 2.75) is 222 Å². The van der Waals surface area contributed by atoms with Crippen molar-refractivity contribution in [2.24, 2.45) is 23.1 Å². The molecule has 0 saturated carbocycles. The highest BCUT2D eigenvalue weighted by Crippen LogP contribution is 2.27. The van der Waals surface area contributed by atoms with Gasteiger partial charge in [-0.25, -0.2) is 0 Å². The van der Waals surface area contributed by atoms with Gasteiger partial charge < -0.3 is 115 Å². The van der Waals surface area contributed by atoms with Crippen molar-refractivity contribution in [3.63, 3.8) is 0 Å². The molecule has 3 saturated heterocycles. The highest BCUT2D eigenvalue weighted by molar-refractivity contribution is 7.99. The van der Waals surface area contributed by atoms with Crippen LogP contribution in [0.15, 0.2) is 85.2 Å². The SMILES string of the molecule is CCCC[C@H]1C(=O)N(C)[C@@H](CCCC)C(=O)N[C@@H](CCCNC(=N)N)C(=O)NCCSCC(=O)N[C@@H](CCc2ccc(O)cc2)C(=O)N(C)CC(=O)N[C@@H](CC(N)=O)C(=O)N2CCCC2C(=O)N[C@@H](CCN)C(=O)N[C@@H](CC(C)C)C(=O)N2CCC[C@H]2C(=O)N[C@@H](Cc2c[nH]c3ccccc23)C(=O)N[C@@H](CO)C(=O)N[C@@H](Cc2c[nH]c3ccccc23)C(=O)N1C. The van der Waals surface area contributed by atoms with Crippen molar-refractivity contribution in [1.29, 1.82) is 5.41 Å². The number of hydrogen-bond donors (Lipinski definition) is 18. The van der Waals surface area contributed by atoms with Crippen molar-refractivity contribution in [3.05, 3.63) is 102 Å². The van der Waals surface area contributed by atoms with E-state index in [1.165, 1.54) is 48.0 Å². The zero-order valence-corrected chi connectivity index (χ0v) is 73.1. The number of unbranched alkanes of at least 4 members (excludes halogenated alkanes) is 2. The lowest BCUT2D eigenvalue weighted by atomic mass is 10.00. The maximum Gasteiger partial charge on any atom is 0.246 e. The third kappa shape index (κ3) is 28.3. The Hall–Kier alpha value is -11.9. The van der Waals surface area contributed by atoms with Crippen LogP contribution in [-0.4, -0.2) is 290 Å². The highest BCUT2D eigenvalue weighted by atomic mass is 32.2. The second-order valence-corrected chi connectivity index (χ2v) is 33.7. The fourth-order valence-corrected chi connectivity index (χ4v) is 16.6. The number of likely N-dealkylation sites (N-methyl/N-ethyl adjacent to an activating group) is 3. The average molecular weight is 1760 g/mol. The fraction of sp³-hybridized carbons (Fsp3) is 0.558. The molecule has 38 nitrogen and oxygen atoms in total. The molecule has 0 radical (unpaired) electrons. The van der Waals surface area contributed by atoms with E-state index in [2.05, 4.69) is 63.1 Å². The van der Waals surface area contributed by atoms with Gasteiger partial charge in [0, 0.05) is 100 Å². The first-order valence-electron chi connectivity index (χ1n) is 43.0. The minimum Gasteiger partial charge on any atom is -0.508 e. The highest BCUT2D eigenvalue weighted by Gasteiger charge is 2.45. The molecule has 0 aliphatic carbocycles. The fourth-order valence-electron chi connectivity index (χ4n) is 16.0. The molecular weight excluding hydrogens is 1630 g/mol. The third-order valence-electron chi connectivity index (χ3n) is 22.7. The van der Waals surface area contributed by atoms with Crippen LogP contribution in [0.3, 0.4) is 0 Å². The predicted octanol–water partition coefficient (Wildman–Crippen LogP) is -0.485. The number of benzene rings is 3. The molecule has 682 valence electrons. The number of hydrogen-bond acceptors (Lipinski definition) is 20. The lowest BCUT2D eigenvalue weighted by molar-refractivity contribution is -0.149. The Morgan fingerprint density at radius 1 is 0.544 bits per heavy atom. The monoisotopic (exact) mass is 1760 g/mol. The van der Waals surface area contributed by atoms with E-state index in [0.29, 0.717) is 70.6 Å². The van der Waals surface area contributed by atoms with E-state index in [4.69, 9.17) is 22.6 Å². The number of aromatic nitrogens is 2. The number of nitrogens with two attached hydrogens (primary N) is 3. The summed E-state index contributed by atoms with van der Waals surface area (Å²) in [6.07, 6.45) is 5.28. The number of phenolic OH excluding ortho intramolecular Hbond substituents is 1. The number of fused-ring (bicyclic) bond motifs is 4. The normalized spacial score (nSPS) is 24.1. The number of nitrogens with zero attached hydrogens (tertiary/aromatic N) is 5. The number of guanidine groups is 1. The zero-order valence-electron chi connectivity index (χ0n) is 72.3. The number of thioether (sulfide) groups is 1. The van der Waals surface area contributed by atoms with E-state index in [9.17, 15) is 53.4 Å². The van der Waals surface area contributed by atoms with Crippen molar-refractivity contribution in [1.82, 2.24) is 87.6 Å². The topological polar surface area (TPSA) is 566 Å². The molecule has 0 spiro atoms. The summed E-state index contributed by atoms with van der Waals surface area (Å²) in [7, 11) is 4.11. The van der Waals surface area contributed by atoms with Gasteiger partial charge in [-0.3, -0.25) is 77.3 Å². The minimum atomic E-state index is -1.80. The molecule has 3 aliphatic heterocycles. The van der Waals surface area contributed by atoms with Crippen molar-refractivity contribution >= 4 is 128 Å². The lowest BCUT2D eigenvalue weighted by Crippen LogP contribution is -2.61. The maximum absolute atomic E-state index is 15.6. The van der Waals surface area contributed by atoms with Crippen LogP contribution in [0.2, 0.25) is 0 Å². The van der Waals surface area contributed by atoms with Crippen LogP contribution in [0.5, 0.6) is 5.75 Å². The average Bonchev–Trinajstić information content (AvgIpc) is 1.74. The first-order chi connectivity index (χ1) is 59.7. The number of primary amides is 1. The number of phenols is 1. The molecule has 3 fully saturated rings. The van der Waals surface area contributed by atoms with Crippen molar-refractivity contribution < 1.29 is 82.1 Å².